The third kappa shape index (κ3) is 2.51. The molecule has 0 saturated carbocycles. The summed E-state index contributed by atoms with van der Waals surface area (Å²) in [4.78, 5) is 8.99. The van der Waals surface area contributed by atoms with Gasteiger partial charge in [0.1, 0.15) is 17.2 Å². The molecule has 0 bridgehead atoms. The lowest BCUT2D eigenvalue weighted by Gasteiger charge is -2.11. The highest BCUT2D eigenvalue weighted by Gasteiger charge is 2.18. The molecule has 108 valence electrons. The van der Waals surface area contributed by atoms with Crippen LogP contribution < -0.4 is 0 Å². The Bertz CT molecular complexity index is 803. The van der Waals surface area contributed by atoms with Crippen LogP contribution in [-0.2, 0) is 0 Å². The monoisotopic (exact) mass is 303 g/mol. The summed E-state index contributed by atoms with van der Waals surface area (Å²) in [5, 5.41) is -0.303. The Balaban J connectivity index is 2.36. The number of fused-ring (bicyclic) bond motifs is 1. The van der Waals surface area contributed by atoms with Crippen molar-refractivity contribution in [2.24, 2.45) is 0 Å². The van der Waals surface area contributed by atoms with Crippen LogP contribution in [0.15, 0.2) is 30.5 Å². The third-order valence-electron chi connectivity index (χ3n) is 3.30. The topological polar surface area (TPSA) is 30.7 Å². The predicted octanol–water partition coefficient (Wildman–Crippen LogP) is 4.48. The Kier molecular flexibility index (Phi) is 3.41. The van der Waals surface area contributed by atoms with Gasteiger partial charge in [0.05, 0.1) is 11.1 Å². The summed E-state index contributed by atoms with van der Waals surface area (Å²) in [5.41, 5.74) is 4.00. The first-order valence-electron chi connectivity index (χ1n) is 6.72. The van der Waals surface area contributed by atoms with Gasteiger partial charge in [-0.1, -0.05) is 0 Å². The molecule has 3 nitrogen and oxygen atoms in total. The highest BCUT2D eigenvalue weighted by atomic mass is 35.5. The van der Waals surface area contributed by atoms with Gasteiger partial charge in [-0.2, -0.15) is 0 Å². The molecule has 2 heterocycles. The van der Waals surface area contributed by atoms with Crippen molar-refractivity contribution in [1.82, 2.24) is 14.5 Å². The predicted molar refractivity (Wildman–Crippen MR) is 82.6 cm³/mol. The van der Waals surface area contributed by atoms with Gasteiger partial charge < -0.3 is 0 Å². The van der Waals surface area contributed by atoms with Crippen molar-refractivity contribution in [2.45, 2.75) is 26.1 Å². The van der Waals surface area contributed by atoms with Gasteiger partial charge in [0, 0.05) is 6.20 Å². The van der Waals surface area contributed by atoms with Gasteiger partial charge in [0.2, 0.25) is 0 Å². The van der Waals surface area contributed by atoms with Crippen molar-refractivity contribution in [3.8, 4) is 5.69 Å². The molecule has 1 atom stereocenters. The zero-order valence-electron chi connectivity index (χ0n) is 12.1. The van der Waals surface area contributed by atoms with Crippen LogP contribution in [0, 0.1) is 19.7 Å². The molecular formula is C16H15ClFN3. The number of benzene rings is 1. The molecule has 0 aliphatic heterocycles. The maximum atomic E-state index is 13.7. The lowest BCUT2D eigenvalue weighted by molar-refractivity contribution is 0.625. The van der Waals surface area contributed by atoms with Gasteiger partial charge in [0.15, 0.2) is 5.65 Å². The zero-order valence-corrected chi connectivity index (χ0v) is 12.8. The van der Waals surface area contributed by atoms with E-state index in [-0.39, 0.29) is 11.2 Å². The molecule has 0 radical (unpaired) electrons. The Morgan fingerprint density at radius 3 is 2.57 bits per heavy atom. The molecule has 0 spiro atoms. The number of pyridine rings is 1. The van der Waals surface area contributed by atoms with Crippen LogP contribution in [-0.4, -0.2) is 14.5 Å². The van der Waals surface area contributed by atoms with Crippen LogP contribution in [0.25, 0.3) is 16.9 Å². The maximum absolute atomic E-state index is 13.7. The highest BCUT2D eigenvalue weighted by molar-refractivity contribution is 6.20. The van der Waals surface area contributed by atoms with E-state index < -0.39 is 0 Å². The molecule has 2 aromatic heterocycles. The minimum absolute atomic E-state index is 0.285. The van der Waals surface area contributed by atoms with Gasteiger partial charge in [-0.05, 0) is 56.2 Å². The lowest BCUT2D eigenvalue weighted by Crippen LogP contribution is -2.03. The molecule has 0 aliphatic rings. The Labute approximate surface area is 127 Å². The fourth-order valence-corrected chi connectivity index (χ4v) is 2.60. The van der Waals surface area contributed by atoms with Crippen molar-refractivity contribution >= 4 is 22.8 Å². The minimum Gasteiger partial charge on any atom is -0.279 e. The second kappa shape index (κ2) is 5.11. The number of imidazole rings is 1. The van der Waals surface area contributed by atoms with E-state index in [2.05, 4.69) is 9.97 Å². The average Bonchev–Trinajstić information content (AvgIpc) is 2.76. The Morgan fingerprint density at radius 1 is 1.14 bits per heavy atom. The Hall–Kier alpha value is -1.94. The van der Waals surface area contributed by atoms with Crippen LogP contribution in [0.5, 0.6) is 0 Å². The average molecular weight is 304 g/mol. The summed E-state index contributed by atoms with van der Waals surface area (Å²) in [5.74, 6) is 0.377. The first-order chi connectivity index (χ1) is 9.95. The van der Waals surface area contributed by atoms with E-state index >= 15 is 0 Å². The molecule has 0 N–H and O–H groups in total. The van der Waals surface area contributed by atoms with Crippen molar-refractivity contribution in [3.05, 3.63) is 53.2 Å². The van der Waals surface area contributed by atoms with Gasteiger partial charge >= 0.3 is 0 Å². The van der Waals surface area contributed by atoms with Crippen molar-refractivity contribution in [3.63, 3.8) is 0 Å². The van der Waals surface area contributed by atoms with E-state index in [0.717, 1.165) is 16.6 Å². The Morgan fingerprint density at radius 2 is 1.90 bits per heavy atom. The van der Waals surface area contributed by atoms with E-state index in [9.17, 15) is 4.39 Å². The summed E-state index contributed by atoms with van der Waals surface area (Å²) in [6, 6.07) is 6.81. The quantitative estimate of drug-likeness (QED) is 0.654. The molecule has 0 aliphatic carbocycles. The van der Waals surface area contributed by atoms with E-state index in [1.807, 2.05) is 37.5 Å². The number of halogens is 2. The zero-order chi connectivity index (χ0) is 15.1. The fourth-order valence-electron chi connectivity index (χ4n) is 2.45. The normalized spacial score (nSPS) is 12.8. The largest absolute Gasteiger partial charge is 0.279 e. The molecule has 0 saturated heterocycles. The van der Waals surface area contributed by atoms with E-state index in [1.54, 1.807) is 6.20 Å². The SMILES string of the molecule is Cc1cc(F)cc(-n2c(C(C)Cl)nc3cc(C)cnc32)c1. The van der Waals surface area contributed by atoms with Gasteiger partial charge in [0.25, 0.3) is 0 Å². The van der Waals surface area contributed by atoms with Crippen LogP contribution in [0.1, 0.15) is 29.3 Å². The van der Waals surface area contributed by atoms with Crippen LogP contribution in [0.3, 0.4) is 0 Å². The first-order valence-corrected chi connectivity index (χ1v) is 7.16. The fraction of sp³-hybridized carbons (Fsp3) is 0.250. The van der Waals surface area contributed by atoms with Gasteiger partial charge in [-0.25, -0.2) is 14.4 Å². The highest BCUT2D eigenvalue weighted by Crippen LogP contribution is 2.28. The number of hydrogen-bond acceptors (Lipinski definition) is 2. The number of aromatic nitrogens is 3. The third-order valence-corrected chi connectivity index (χ3v) is 3.50. The van der Waals surface area contributed by atoms with Gasteiger partial charge in [-0.15, -0.1) is 11.6 Å². The molecular weight excluding hydrogens is 289 g/mol. The number of hydrogen-bond donors (Lipinski definition) is 0. The second-order valence-corrected chi connectivity index (χ2v) is 5.92. The molecule has 21 heavy (non-hydrogen) atoms. The number of nitrogens with zero attached hydrogens (tertiary/aromatic N) is 3. The van der Waals surface area contributed by atoms with E-state index in [0.29, 0.717) is 17.2 Å². The molecule has 3 aromatic rings. The minimum atomic E-state index is -0.303. The molecule has 0 amide bonds. The molecule has 0 fully saturated rings. The number of rotatable bonds is 2. The second-order valence-electron chi connectivity index (χ2n) is 5.26. The van der Waals surface area contributed by atoms with Gasteiger partial charge in [-0.3, -0.25) is 4.57 Å². The molecule has 1 unspecified atom stereocenters. The molecule has 1 aromatic carbocycles. The number of alkyl halides is 1. The maximum Gasteiger partial charge on any atom is 0.164 e. The van der Waals surface area contributed by atoms with Crippen molar-refractivity contribution in [2.75, 3.05) is 0 Å². The van der Waals surface area contributed by atoms with E-state index in [1.165, 1.54) is 12.1 Å². The molecule has 3 rings (SSSR count). The van der Waals surface area contributed by atoms with Crippen molar-refractivity contribution < 1.29 is 4.39 Å². The first kappa shape index (κ1) is 14.0. The van der Waals surface area contributed by atoms with Crippen molar-refractivity contribution in [1.29, 1.82) is 0 Å². The molecule has 5 heteroatoms. The van der Waals surface area contributed by atoms with Crippen LogP contribution >= 0.6 is 11.6 Å². The standard InChI is InChI=1S/C16H15ClFN3/c1-9-4-12(18)7-13(5-9)21-15(11(3)17)20-14-6-10(2)8-19-16(14)21/h4-8,11H,1-3H3. The number of aryl methyl sites for hydroxylation is 2. The summed E-state index contributed by atoms with van der Waals surface area (Å²) in [6.07, 6.45) is 1.77. The summed E-state index contributed by atoms with van der Waals surface area (Å²) >= 11 is 6.24. The summed E-state index contributed by atoms with van der Waals surface area (Å²) in [7, 11) is 0. The smallest absolute Gasteiger partial charge is 0.164 e. The lowest BCUT2D eigenvalue weighted by atomic mass is 10.2. The van der Waals surface area contributed by atoms with E-state index in [4.69, 9.17) is 11.6 Å². The summed E-state index contributed by atoms with van der Waals surface area (Å²) < 4.78 is 15.6. The van der Waals surface area contributed by atoms with Crippen LogP contribution in [0.2, 0.25) is 0 Å². The van der Waals surface area contributed by atoms with Crippen LogP contribution in [0.4, 0.5) is 4.39 Å². The summed E-state index contributed by atoms with van der Waals surface area (Å²) in [6.45, 7) is 5.66.